The zero-order valence-electron chi connectivity index (χ0n) is 11.6. The van der Waals surface area contributed by atoms with E-state index in [2.05, 4.69) is 57.1 Å². The average molecular weight is 332 g/mol. The van der Waals surface area contributed by atoms with E-state index in [0.717, 1.165) is 21.6 Å². The van der Waals surface area contributed by atoms with Crippen LogP contribution in [-0.4, -0.2) is 28.5 Å². The molecule has 1 saturated carbocycles. The molecule has 1 aliphatic carbocycles. The van der Waals surface area contributed by atoms with Crippen LogP contribution in [0.15, 0.2) is 34.9 Å². The number of hydrogen-bond donors (Lipinski definition) is 1. The van der Waals surface area contributed by atoms with Crippen LogP contribution in [-0.2, 0) is 0 Å². The predicted octanol–water partition coefficient (Wildman–Crippen LogP) is 4.00. The molecule has 4 heteroatoms. The molecule has 3 nitrogen and oxygen atoms in total. The summed E-state index contributed by atoms with van der Waals surface area (Å²) in [5.41, 5.74) is 2.82. The number of halogens is 1. The van der Waals surface area contributed by atoms with Gasteiger partial charge < -0.3 is 4.98 Å². The van der Waals surface area contributed by atoms with Gasteiger partial charge in [0.25, 0.3) is 0 Å². The average Bonchev–Trinajstić information content (AvgIpc) is 2.87. The molecular formula is C16H18BrN3. The summed E-state index contributed by atoms with van der Waals surface area (Å²) in [5, 5.41) is 0. The number of imidazole rings is 1. The maximum atomic E-state index is 4.82. The third-order valence-corrected chi connectivity index (χ3v) is 5.28. The summed E-state index contributed by atoms with van der Waals surface area (Å²) in [5.74, 6) is 1.12. The Morgan fingerprint density at radius 3 is 2.70 bits per heavy atom. The number of aromatic amines is 1. The molecule has 2 fully saturated rings. The van der Waals surface area contributed by atoms with Crippen LogP contribution >= 0.6 is 15.9 Å². The van der Waals surface area contributed by atoms with E-state index in [9.17, 15) is 0 Å². The summed E-state index contributed by atoms with van der Waals surface area (Å²) in [6, 6.07) is 8.78. The van der Waals surface area contributed by atoms with Gasteiger partial charge in [-0.25, -0.2) is 4.98 Å². The lowest BCUT2D eigenvalue weighted by atomic mass is 10.0. The number of aromatic nitrogens is 2. The molecule has 104 valence electrons. The van der Waals surface area contributed by atoms with Gasteiger partial charge in [-0.15, -0.1) is 0 Å². The lowest BCUT2D eigenvalue weighted by molar-refractivity contribution is 0.303. The minimum atomic E-state index is 0.460. The van der Waals surface area contributed by atoms with E-state index in [1.807, 2.05) is 6.20 Å². The van der Waals surface area contributed by atoms with E-state index in [4.69, 9.17) is 4.98 Å². The highest BCUT2D eigenvalue weighted by molar-refractivity contribution is 9.10. The molecule has 4 rings (SSSR count). The summed E-state index contributed by atoms with van der Waals surface area (Å²) < 4.78 is 1.10. The first-order valence-electron chi connectivity index (χ1n) is 7.17. The monoisotopic (exact) mass is 331 g/mol. The van der Waals surface area contributed by atoms with Gasteiger partial charge in [-0.05, 0) is 43.9 Å². The minimum Gasteiger partial charge on any atom is -0.347 e. The van der Waals surface area contributed by atoms with E-state index in [1.165, 1.54) is 25.8 Å². The molecule has 0 bridgehead atoms. The maximum absolute atomic E-state index is 4.82. The Morgan fingerprint density at radius 1 is 1.30 bits per heavy atom. The van der Waals surface area contributed by atoms with Gasteiger partial charge in [-0.3, -0.25) is 4.90 Å². The fourth-order valence-corrected chi connectivity index (χ4v) is 3.65. The number of H-pyrrole nitrogens is 1. The van der Waals surface area contributed by atoms with Gasteiger partial charge in [-0.1, -0.05) is 28.1 Å². The van der Waals surface area contributed by atoms with Crippen molar-refractivity contribution in [2.45, 2.75) is 25.3 Å². The van der Waals surface area contributed by atoms with Crippen molar-refractivity contribution in [1.29, 1.82) is 0 Å². The van der Waals surface area contributed by atoms with Gasteiger partial charge >= 0.3 is 0 Å². The maximum Gasteiger partial charge on any atom is 0.124 e. The first-order chi connectivity index (χ1) is 9.65. The fraction of sp³-hybridized carbons (Fsp3) is 0.438. The zero-order valence-corrected chi connectivity index (χ0v) is 13.2. The first-order valence-corrected chi connectivity index (χ1v) is 7.96. The Morgan fingerprint density at radius 2 is 2.05 bits per heavy atom. The van der Waals surface area contributed by atoms with Crippen molar-refractivity contribution in [3.63, 3.8) is 0 Å². The quantitative estimate of drug-likeness (QED) is 0.902. The molecule has 1 aromatic heterocycles. The van der Waals surface area contributed by atoms with Crippen LogP contribution in [0.3, 0.4) is 0 Å². The van der Waals surface area contributed by atoms with Gasteiger partial charge in [0, 0.05) is 22.8 Å². The van der Waals surface area contributed by atoms with E-state index < -0.39 is 0 Å². The Balaban J connectivity index is 1.60. The Hall–Kier alpha value is -1.13. The summed E-state index contributed by atoms with van der Waals surface area (Å²) >= 11 is 3.47. The molecular weight excluding hydrogens is 314 g/mol. The highest BCUT2D eigenvalue weighted by Crippen LogP contribution is 2.57. The number of nitrogens with one attached hydrogen (secondary N) is 1. The van der Waals surface area contributed by atoms with Gasteiger partial charge in [0.15, 0.2) is 0 Å². The normalized spacial score (nSPS) is 24.4. The Labute approximate surface area is 127 Å². The molecule has 0 radical (unpaired) electrons. The van der Waals surface area contributed by atoms with E-state index in [-0.39, 0.29) is 0 Å². The Bertz CT molecular complexity index is 627. The number of nitrogens with zero attached hydrogens (tertiary/aromatic N) is 2. The third kappa shape index (κ3) is 2.11. The highest BCUT2D eigenvalue weighted by Gasteiger charge is 2.51. The van der Waals surface area contributed by atoms with Gasteiger partial charge in [0.05, 0.1) is 11.7 Å². The molecule has 2 heterocycles. The van der Waals surface area contributed by atoms with E-state index in [0.29, 0.717) is 11.5 Å². The molecule has 20 heavy (non-hydrogen) atoms. The van der Waals surface area contributed by atoms with E-state index >= 15 is 0 Å². The van der Waals surface area contributed by atoms with Crippen LogP contribution in [0.25, 0.3) is 11.3 Å². The van der Waals surface area contributed by atoms with Crippen molar-refractivity contribution < 1.29 is 0 Å². The van der Waals surface area contributed by atoms with Crippen LogP contribution in [0.5, 0.6) is 0 Å². The first kappa shape index (κ1) is 12.6. The van der Waals surface area contributed by atoms with Gasteiger partial charge in [-0.2, -0.15) is 0 Å². The van der Waals surface area contributed by atoms with Crippen molar-refractivity contribution >= 4 is 15.9 Å². The summed E-state index contributed by atoms with van der Waals surface area (Å²) in [6.07, 6.45) is 6.09. The SMILES string of the molecule is CN1CC2(CC2)CC1c1nc(-c2ccc(Br)cc2)c[nH]1. The van der Waals surface area contributed by atoms with Crippen molar-refractivity contribution in [3.05, 3.63) is 40.8 Å². The molecule has 1 saturated heterocycles. The topological polar surface area (TPSA) is 31.9 Å². The molecule has 0 amide bonds. The lowest BCUT2D eigenvalue weighted by Gasteiger charge is -2.16. The molecule has 2 aliphatic rings. The second kappa shape index (κ2) is 4.43. The molecule has 1 spiro atoms. The number of likely N-dealkylation sites (tertiary alicyclic amines) is 1. The van der Waals surface area contributed by atoms with Gasteiger partial charge in [0.1, 0.15) is 5.82 Å². The second-order valence-corrected chi connectivity index (χ2v) is 7.23. The molecule has 1 atom stereocenters. The molecule has 1 aliphatic heterocycles. The molecule has 1 unspecified atom stereocenters. The smallest absolute Gasteiger partial charge is 0.124 e. The van der Waals surface area contributed by atoms with Crippen LogP contribution in [0.4, 0.5) is 0 Å². The van der Waals surface area contributed by atoms with E-state index in [1.54, 1.807) is 0 Å². The Kier molecular flexibility index (Phi) is 2.79. The number of benzene rings is 1. The largest absolute Gasteiger partial charge is 0.347 e. The minimum absolute atomic E-state index is 0.460. The van der Waals surface area contributed by atoms with Crippen LogP contribution < -0.4 is 0 Å². The van der Waals surface area contributed by atoms with Crippen molar-refractivity contribution in [2.75, 3.05) is 13.6 Å². The molecule has 1 N–H and O–H groups in total. The van der Waals surface area contributed by atoms with Crippen LogP contribution in [0, 0.1) is 5.41 Å². The fourth-order valence-electron chi connectivity index (χ4n) is 3.39. The van der Waals surface area contributed by atoms with Crippen molar-refractivity contribution in [2.24, 2.45) is 5.41 Å². The third-order valence-electron chi connectivity index (χ3n) is 4.75. The molecule has 1 aromatic carbocycles. The lowest BCUT2D eigenvalue weighted by Crippen LogP contribution is -2.19. The van der Waals surface area contributed by atoms with Crippen molar-refractivity contribution in [1.82, 2.24) is 14.9 Å². The summed E-state index contributed by atoms with van der Waals surface area (Å²) in [7, 11) is 2.22. The zero-order chi connectivity index (χ0) is 13.7. The summed E-state index contributed by atoms with van der Waals surface area (Å²) in [6.45, 7) is 1.23. The van der Waals surface area contributed by atoms with Crippen LogP contribution in [0.2, 0.25) is 0 Å². The molecule has 2 aromatic rings. The summed E-state index contributed by atoms with van der Waals surface area (Å²) in [4.78, 5) is 10.7. The van der Waals surface area contributed by atoms with Crippen molar-refractivity contribution in [3.8, 4) is 11.3 Å². The predicted molar refractivity (Wildman–Crippen MR) is 83.4 cm³/mol. The number of hydrogen-bond acceptors (Lipinski definition) is 2. The van der Waals surface area contributed by atoms with Gasteiger partial charge in [0.2, 0.25) is 0 Å². The standard InChI is InChI=1S/C16H18BrN3/c1-20-10-16(6-7-16)8-14(20)15-18-9-13(19-15)11-2-4-12(17)5-3-11/h2-5,9,14H,6-8,10H2,1H3,(H,18,19). The number of rotatable bonds is 2. The van der Waals surface area contributed by atoms with Crippen LogP contribution in [0.1, 0.15) is 31.1 Å². The highest BCUT2D eigenvalue weighted by atomic mass is 79.9. The second-order valence-electron chi connectivity index (χ2n) is 6.31.